The van der Waals surface area contributed by atoms with Crippen LogP contribution >= 0.6 is 11.3 Å². The number of amides is 1. The monoisotopic (exact) mass is 244 g/mol. The molecular weight excluding hydrogens is 228 g/mol. The molecule has 1 rings (SSSR count). The van der Waals surface area contributed by atoms with Crippen LogP contribution in [0.4, 0.5) is 0 Å². The van der Waals surface area contributed by atoms with Gasteiger partial charge in [-0.1, -0.05) is 0 Å². The van der Waals surface area contributed by atoms with Gasteiger partial charge in [0.15, 0.2) is 0 Å². The van der Waals surface area contributed by atoms with Gasteiger partial charge in [0.05, 0.1) is 19.8 Å². The van der Waals surface area contributed by atoms with Crippen molar-refractivity contribution in [1.29, 1.82) is 0 Å². The molecule has 0 radical (unpaired) electrons. The van der Waals surface area contributed by atoms with Crippen LogP contribution in [0.5, 0.6) is 0 Å². The lowest BCUT2D eigenvalue weighted by molar-refractivity contribution is 0.0811. The third-order valence-electron chi connectivity index (χ3n) is 1.67. The number of thiazole rings is 1. The lowest BCUT2D eigenvalue weighted by Crippen LogP contribution is -2.30. The Hall–Kier alpha value is -0.980. The first-order valence-electron chi connectivity index (χ1n) is 5.07. The Kier molecular flexibility index (Phi) is 5.37. The average Bonchev–Trinajstić information content (AvgIpc) is 2.66. The molecule has 6 heteroatoms. The second kappa shape index (κ2) is 6.57. The smallest absolute Gasteiger partial charge is 0.270 e. The Morgan fingerprint density at radius 3 is 3.06 bits per heavy atom. The number of rotatable bonds is 6. The van der Waals surface area contributed by atoms with E-state index in [9.17, 15) is 4.79 Å². The molecule has 0 bridgehead atoms. The van der Waals surface area contributed by atoms with Gasteiger partial charge in [-0.05, 0) is 13.8 Å². The summed E-state index contributed by atoms with van der Waals surface area (Å²) in [6, 6.07) is 0.100. The number of carbonyl (C=O) groups excluding carboxylic acids is 1. The van der Waals surface area contributed by atoms with Gasteiger partial charge in [-0.25, -0.2) is 4.98 Å². The van der Waals surface area contributed by atoms with E-state index in [1.807, 2.05) is 13.8 Å². The van der Waals surface area contributed by atoms with E-state index in [1.165, 1.54) is 11.3 Å². The molecule has 16 heavy (non-hydrogen) atoms. The highest BCUT2D eigenvalue weighted by Gasteiger charge is 2.11. The van der Waals surface area contributed by atoms with Gasteiger partial charge in [0, 0.05) is 11.4 Å². The predicted octanol–water partition coefficient (Wildman–Crippen LogP) is 0.790. The Morgan fingerprint density at radius 1 is 1.69 bits per heavy atom. The molecule has 0 aromatic carbocycles. The fourth-order valence-electron chi connectivity index (χ4n) is 1.04. The molecular formula is C10H16N2O3S. The van der Waals surface area contributed by atoms with Crippen LogP contribution in [0.3, 0.4) is 0 Å². The molecule has 0 atom stereocenters. The van der Waals surface area contributed by atoms with Crippen LogP contribution in [0, 0.1) is 0 Å². The summed E-state index contributed by atoms with van der Waals surface area (Å²) in [6.07, 6.45) is 0. The fourth-order valence-corrected chi connectivity index (χ4v) is 1.75. The van der Waals surface area contributed by atoms with Crippen molar-refractivity contribution >= 4 is 17.2 Å². The molecule has 90 valence electrons. The lowest BCUT2D eigenvalue weighted by atomic mass is 10.3. The minimum absolute atomic E-state index is 0.00787. The molecule has 0 saturated carbocycles. The molecule has 0 fully saturated rings. The van der Waals surface area contributed by atoms with Crippen LogP contribution in [-0.2, 0) is 11.3 Å². The van der Waals surface area contributed by atoms with E-state index in [0.29, 0.717) is 12.3 Å². The zero-order valence-electron chi connectivity index (χ0n) is 9.40. The van der Waals surface area contributed by atoms with Crippen LogP contribution in [0.1, 0.15) is 29.3 Å². The highest BCUT2D eigenvalue weighted by atomic mass is 32.1. The minimum atomic E-state index is -0.167. The van der Waals surface area contributed by atoms with Crippen molar-refractivity contribution in [3.8, 4) is 0 Å². The molecule has 0 spiro atoms. The molecule has 1 aromatic rings. The van der Waals surface area contributed by atoms with Gasteiger partial charge in [0.1, 0.15) is 10.7 Å². The number of hydrogen-bond acceptors (Lipinski definition) is 5. The van der Waals surface area contributed by atoms with Crippen molar-refractivity contribution in [2.45, 2.75) is 26.5 Å². The Balaban J connectivity index is 2.47. The number of carbonyl (C=O) groups is 1. The first-order valence-corrected chi connectivity index (χ1v) is 5.95. The molecule has 0 aliphatic rings. The molecule has 0 unspecified atom stereocenters. The highest BCUT2D eigenvalue weighted by molar-refractivity contribution is 7.09. The summed E-state index contributed by atoms with van der Waals surface area (Å²) in [5, 5.41) is 13.7. The van der Waals surface area contributed by atoms with Gasteiger partial charge in [0.25, 0.3) is 5.91 Å². The molecule has 1 heterocycles. The summed E-state index contributed by atoms with van der Waals surface area (Å²) < 4.78 is 5.11. The van der Waals surface area contributed by atoms with E-state index < -0.39 is 0 Å². The van der Waals surface area contributed by atoms with E-state index in [0.717, 1.165) is 5.01 Å². The summed E-state index contributed by atoms with van der Waals surface area (Å²) in [5.41, 5.74) is 0.418. The molecule has 0 aliphatic carbocycles. The Bertz CT molecular complexity index is 339. The van der Waals surface area contributed by atoms with Crippen molar-refractivity contribution in [2.24, 2.45) is 0 Å². The van der Waals surface area contributed by atoms with Gasteiger partial charge < -0.3 is 15.2 Å². The molecule has 0 saturated heterocycles. The zero-order chi connectivity index (χ0) is 12.0. The van der Waals surface area contributed by atoms with Gasteiger partial charge in [-0.2, -0.15) is 0 Å². The first kappa shape index (κ1) is 13.1. The van der Waals surface area contributed by atoms with Crippen molar-refractivity contribution in [3.63, 3.8) is 0 Å². The average molecular weight is 244 g/mol. The zero-order valence-corrected chi connectivity index (χ0v) is 10.2. The van der Waals surface area contributed by atoms with Crippen LogP contribution in [0.2, 0.25) is 0 Å². The number of nitrogens with one attached hydrogen (secondary N) is 1. The third kappa shape index (κ3) is 4.26. The molecule has 1 amide bonds. The number of hydrogen-bond donors (Lipinski definition) is 2. The van der Waals surface area contributed by atoms with Crippen molar-refractivity contribution in [2.75, 3.05) is 13.2 Å². The summed E-state index contributed by atoms with van der Waals surface area (Å²) in [7, 11) is 0. The number of ether oxygens (including phenoxy) is 1. The Morgan fingerprint density at radius 2 is 2.44 bits per heavy atom. The van der Waals surface area contributed by atoms with Crippen molar-refractivity contribution < 1.29 is 14.6 Å². The third-order valence-corrected chi connectivity index (χ3v) is 2.49. The molecule has 0 aliphatic heterocycles. The summed E-state index contributed by atoms with van der Waals surface area (Å²) >= 11 is 1.38. The maximum atomic E-state index is 11.6. The lowest BCUT2D eigenvalue weighted by Gasteiger charge is -2.05. The molecule has 5 nitrogen and oxygen atoms in total. The van der Waals surface area contributed by atoms with Crippen LogP contribution in [0.15, 0.2) is 5.38 Å². The van der Waals surface area contributed by atoms with Crippen LogP contribution in [0.25, 0.3) is 0 Å². The van der Waals surface area contributed by atoms with Crippen LogP contribution < -0.4 is 5.32 Å². The second-order valence-corrected chi connectivity index (χ2v) is 4.47. The van der Waals surface area contributed by atoms with Crippen molar-refractivity contribution in [3.05, 3.63) is 16.1 Å². The van der Waals surface area contributed by atoms with Gasteiger partial charge in [-0.15, -0.1) is 11.3 Å². The summed E-state index contributed by atoms with van der Waals surface area (Å²) in [4.78, 5) is 15.7. The highest BCUT2D eigenvalue weighted by Crippen LogP contribution is 2.10. The van der Waals surface area contributed by atoms with E-state index in [4.69, 9.17) is 9.84 Å². The van der Waals surface area contributed by atoms with E-state index in [-0.39, 0.29) is 25.2 Å². The first-order chi connectivity index (χ1) is 7.63. The molecule has 1 aromatic heterocycles. The number of aliphatic hydroxyl groups is 1. The van der Waals surface area contributed by atoms with Gasteiger partial charge >= 0.3 is 0 Å². The quantitative estimate of drug-likeness (QED) is 0.726. The minimum Gasteiger partial charge on any atom is -0.394 e. The number of aliphatic hydroxyl groups excluding tert-OH is 1. The standard InChI is InChI=1S/C10H16N2O3S/c1-7(2)11-10(14)8-6-16-9(12-8)5-15-4-3-13/h6-7,13H,3-5H2,1-2H3,(H,11,14). The fraction of sp³-hybridized carbons (Fsp3) is 0.600. The van der Waals surface area contributed by atoms with E-state index in [2.05, 4.69) is 10.3 Å². The van der Waals surface area contributed by atoms with Gasteiger partial charge in [0.2, 0.25) is 0 Å². The van der Waals surface area contributed by atoms with Crippen LogP contribution in [-0.4, -0.2) is 35.3 Å². The van der Waals surface area contributed by atoms with Gasteiger partial charge in [-0.3, -0.25) is 4.79 Å². The summed E-state index contributed by atoms with van der Waals surface area (Å²) in [6.45, 7) is 4.41. The summed E-state index contributed by atoms with van der Waals surface area (Å²) in [5.74, 6) is -0.167. The normalized spacial score (nSPS) is 10.8. The SMILES string of the molecule is CC(C)NC(=O)c1csc(COCCO)n1. The van der Waals surface area contributed by atoms with E-state index >= 15 is 0 Å². The maximum absolute atomic E-state index is 11.6. The second-order valence-electron chi connectivity index (χ2n) is 3.53. The molecule has 2 N–H and O–H groups in total. The predicted molar refractivity (Wildman–Crippen MR) is 61.5 cm³/mol. The number of nitrogens with zero attached hydrogens (tertiary/aromatic N) is 1. The Labute approximate surface area is 98.5 Å². The topological polar surface area (TPSA) is 71.5 Å². The van der Waals surface area contributed by atoms with E-state index in [1.54, 1.807) is 5.38 Å². The largest absolute Gasteiger partial charge is 0.394 e. The van der Waals surface area contributed by atoms with Crippen molar-refractivity contribution in [1.82, 2.24) is 10.3 Å². The maximum Gasteiger partial charge on any atom is 0.270 e. The number of aromatic nitrogens is 1.